The Morgan fingerprint density at radius 3 is 2.70 bits per heavy atom. The number of benzene rings is 2. The average molecular weight is 427 g/mol. The molecule has 154 valence electrons. The van der Waals surface area contributed by atoms with Crippen molar-refractivity contribution >= 4 is 23.5 Å². The minimum absolute atomic E-state index is 0.103. The van der Waals surface area contributed by atoms with Crippen molar-refractivity contribution in [1.82, 2.24) is 9.55 Å². The van der Waals surface area contributed by atoms with E-state index < -0.39 is 23.1 Å². The summed E-state index contributed by atoms with van der Waals surface area (Å²) in [6.07, 6.45) is -0.109. The van der Waals surface area contributed by atoms with Crippen molar-refractivity contribution in [2.75, 3.05) is 5.32 Å². The van der Waals surface area contributed by atoms with Crippen LogP contribution in [-0.2, 0) is 17.6 Å². The van der Waals surface area contributed by atoms with E-state index in [-0.39, 0.29) is 23.5 Å². The van der Waals surface area contributed by atoms with Crippen LogP contribution in [0.4, 0.5) is 14.6 Å². The van der Waals surface area contributed by atoms with E-state index in [4.69, 9.17) is 0 Å². The summed E-state index contributed by atoms with van der Waals surface area (Å²) in [5.74, 6) is -1.77. The third kappa shape index (κ3) is 3.75. The van der Waals surface area contributed by atoms with Crippen LogP contribution in [0.5, 0.6) is 0 Å². The summed E-state index contributed by atoms with van der Waals surface area (Å²) in [5, 5.41) is 3.17. The second kappa shape index (κ2) is 8.02. The Labute approximate surface area is 176 Å². The zero-order chi connectivity index (χ0) is 21.4. The molecule has 1 N–H and O–H groups in total. The summed E-state index contributed by atoms with van der Waals surface area (Å²) < 4.78 is 29.4. The Morgan fingerprint density at radius 1 is 1.20 bits per heavy atom. The Hall–Kier alpha value is -3.00. The fraction of sp³-hybridized carbons (Fsp3) is 0.227. The van der Waals surface area contributed by atoms with Gasteiger partial charge in [-0.3, -0.25) is 9.59 Å². The van der Waals surface area contributed by atoms with Crippen LogP contribution in [0.3, 0.4) is 0 Å². The summed E-state index contributed by atoms with van der Waals surface area (Å²) in [6, 6.07) is 11.1. The number of hydrogen-bond acceptors (Lipinski definition) is 4. The van der Waals surface area contributed by atoms with Gasteiger partial charge in [0.1, 0.15) is 17.5 Å². The predicted molar refractivity (Wildman–Crippen MR) is 112 cm³/mol. The van der Waals surface area contributed by atoms with Gasteiger partial charge in [0, 0.05) is 31.2 Å². The lowest BCUT2D eigenvalue weighted by atomic mass is 9.86. The van der Waals surface area contributed by atoms with Crippen LogP contribution >= 0.6 is 11.8 Å². The van der Waals surface area contributed by atoms with Gasteiger partial charge in [0.15, 0.2) is 5.16 Å². The number of aromatic nitrogens is 2. The molecule has 1 amide bonds. The van der Waals surface area contributed by atoms with Crippen LogP contribution in [0, 0.1) is 18.6 Å². The summed E-state index contributed by atoms with van der Waals surface area (Å²) in [6.45, 7) is 2.01. The molecule has 0 unspecified atom stereocenters. The molecule has 2 aromatic carbocycles. The van der Waals surface area contributed by atoms with E-state index in [1.54, 1.807) is 11.6 Å². The van der Waals surface area contributed by atoms with Crippen molar-refractivity contribution in [3.63, 3.8) is 0 Å². The standard InChI is InChI=1S/C22H19F2N3O2S/c1-12-5-3-4-6-13(12)11-30-22-26-21(29)19-16(10-18(28)25-20(19)27(22)2)15-8-7-14(23)9-17(15)24/h3-9,16H,10-11H2,1-2H3,(H,25,28)/t16-/m1/s1. The molecule has 2 heterocycles. The second-order valence-corrected chi connectivity index (χ2v) is 8.15. The number of fused-ring (bicyclic) bond motifs is 1. The Bertz CT molecular complexity index is 1210. The van der Waals surface area contributed by atoms with Gasteiger partial charge in [-0.1, -0.05) is 42.1 Å². The van der Waals surface area contributed by atoms with Crippen LogP contribution in [0.15, 0.2) is 52.4 Å². The van der Waals surface area contributed by atoms with Gasteiger partial charge in [0.05, 0.1) is 5.56 Å². The van der Waals surface area contributed by atoms with Crippen molar-refractivity contribution in [2.45, 2.75) is 30.2 Å². The highest BCUT2D eigenvalue weighted by Crippen LogP contribution is 2.37. The Balaban J connectivity index is 1.75. The molecule has 4 rings (SSSR count). The van der Waals surface area contributed by atoms with Gasteiger partial charge in [0.25, 0.3) is 5.56 Å². The number of aryl methyl sites for hydroxylation is 1. The number of amides is 1. The number of hydrogen-bond donors (Lipinski definition) is 1. The van der Waals surface area contributed by atoms with Gasteiger partial charge in [0.2, 0.25) is 5.91 Å². The Kier molecular flexibility index (Phi) is 5.42. The number of thioether (sulfide) groups is 1. The summed E-state index contributed by atoms with van der Waals surface area (Å²) in [5.41, 5.74) is 2.04. The van der Waals surface area contributed by atoms with Crippen molar-refractivity contribution in [3.05, 3.63) is 86.7 Å². The number of carbonyl (C=O) groups excluding carboxylic acids is 1. The van der Waals surface area contributed by atoms with Crippen LogP contribution in [-0.4, -0.2) is 15.5 Å². The molecule has 8 heteroatoms. The van der Waals surface area contributed by atoms with Gasteiger partial charge in [-0.15, -0.1) is 0 Å². The van der Waals surface area contributed by atoms with E-state index in [1.807, 2.05) is 31.2 Å². The molecule has 3 aromatic rings. The van der Waals surface area contributed by atoms with Gasteiger partial charge >= 0.3 is 0 Å². The molecule has 1 aliphatic rings. The highest BCUT2D eigenvalue weighted by atomic mass is 32.2. The first-order valence-corrected chi connectivity index (χ1v) is 10.4. The number of anilines is 1. The summed E-state index contributed by atoms with van der Waals surface area (Å²) in [7, 11) is 1.70. The van der Waals surface area contributed by atoms with Gasteiger partial charge in [-0.25, -0.2) is 8.78 Å². The molecular weight excluding hydrogens is 408 g/mol. The zero-order valence-electron chi connectivity index (χ0n) is 16.4. The van der Waals surface area contributed by atoms with Gasteiger partial charge in [-0.2, -0.15) is 4.98 Å². The fourth-order valence-corrected chi connectivity index (χ4v) is 4.67. The van der Waals surface area contributed by atoms with E-state index in [2.05, 4.69) is 10.3 Å². The van der Waals surface area contributed by atoms with Crippen molar-refractivity contribution in [2.24, 2.45) is 7.05 Å². The van der Waals surface area contributed by atoms with Crippen LogP contribution in [0.25, 0.3) is 0 Å². The van der Waals surface area contributed by atoms with E-state index in [9.17, 15) is 18.4 Å². The second-order valence-electron chi connectivity index (χ2n) is 7.21. The third-order valence-electron chi connectivity index (χ3n) is 5.26. The highest BCUT2D eigenvalue weighted by molar-refractivity contribution is 7.98. The van der Waals surface area contributed by atoms with Crippen molar-refractivity contribution < 1.29 is 13.6 Å². The first-order valence-electron chi connectivity index (χ1n) is 9.38. The lowest BCUT2D eigenvalue weighted by molar-refractivity contribution is -0.116. The lowest BCUT2D eigenvalue weighted by Gasteiger charge is -2.27. The van der Waals surface area contributed by atoms with Crippen LogP contribution in [0.2, 0.25) is 0 Å². The van der Waals surface area contributed by atoms with Crippen LogP contribution < -0.4 is 10.9 Å². The average Bonchev–Trinajstić information content (AvgIpc) is 2.70. The number of rotatable bonds is 4. The molecule has 0 bridgehead atoms. The molecule has 5 nitrogen and oxygen atoms in total. The molecule has 0 saturated carbocycles. The highest BCUT2D eigenvalue weighted by Gasteiger charge is 2.33. The van der Waals surface area contributed by atoms with E-state index in [0.29, 0.717) is 16.7 Å². The normalized spacial score (nSPS) is 15.6. The molecule has 1 atom stereocenters. The first kappa shape index (κ1) is 20.3. The third-order valence-corrected chi connectivity index (χ3v) is 6.34. The molecule has 0 fully saturated rings. The quantitative estimate of drug-likeness (QED) is 0.502. The molecule has 1 aromatic heterocycles. The molecule has 0 spiro atoms. The molecule has 30 heavy (non-hydrogen) atoms. The Morgan fingerprint density at radius 2 is 1.97 bits per heavy atom. The smallest absolute Gasteiger partial charge is 0.279 e. The number of halogens is 2. The monoisotopic (exact) mass is 427 g/mol. The van der Waals surface area contributed by atoms with Crippen molar-refractivity contribution in [3.8, 4) is 0 Å². The maximum Gasteiger partial charge on any atom is 0.279 e. The molecule has 0 saturated heterocycles. The van der Waals surface area contributed by atoms with E-state index in [0.717, 1.165) is 23.3 Å². The van der Waals surface area contributed by atoms with Gasteiger partial charge < -0.3 is 9.88 Å². The fourth-order valence-electron chi connectivity index (χ4n) is 3.63. The SMILES string of the molecule is Cc1ccccc1CSc1nc(=O)c2c(n1C)NC(=O)C[C@@H]2c1ccc(F)cc1F. The minimum Gasteiger partial charge on any atom is -0.312 e. The molecule has 0 radical (unpaired) electrons. The predicted octanol–water partition coefficient (Wildman–Crippen LogP) is 4.13. The number of carbonyl (C=O) groups is 1. The summed E-state index contributed by atoms with van der Waals surface area (Å²) in [4.78, 5) is 29.4. The lowest BCUT2D eigenvalue weighted by Crippen LogP contribution is -2.33. The largest absolute Gasteiger partial charge is 0.312 e. The topological polar surface area (TPSA) is 64.0 Å². The molecule has 1 aliphatic heterocycles. The zero-order valence-corrected chi connectivity index (χ0v) is 17.2. The molecular formula is C22H19F2N3O2S. The van der Waals surface area contributed by atoms with Crippen LogP contribution in [0.1, 0.15) is 34.6 Å². The minimum atomic E-state index is -0.823. The van der Waals surface area contributed by atoms with Gasteiger partial charge in [-0.05, 0) is 29.7 Å². The van der Waals surface area contributed by atoms with Crippen molar-refractivity contribution in [1.29, 1.82) is 0 Å². The maximum absolute atomic E-state index is 14.4. The van der Waals surface area contributed by atoms with E-state index >= 15 is 0 Å². The molecule has 0 aliphatic carbocycles. The number of nitrogens with one attached hydrogen (secondary N) is 1. The maximum atomic E-state index is 14.4. The number of nitrogens with zero attached hydrogens (tertiary/aromatic N) is 2. The first-order chi connectivity index (χ1) is 14.3. The summed E-state index contributed by atoms with van der Waals surface area (Å²) >= 11 is 1.38. The van der Waals surface area contributed by atoms with E-state index in [1.165, 1.54) is 17.8 Å².